The minimum atomic E-state index is 0.564. The number of hydrogen-bond acceptors (Lipinski definition) is 1. The predicted molar refractivity (Wildman–Crippen MR) is 88.1 cm³/mol. The standard InChI is InChI=1S/C18H22ClN/c1-3-14(4-2)17-9-8-16(19)11-18(17)15-7-5-6-13(10-15)12-20/h5-11,14H,3-4,12,20H2,1-2H3. The molecule has 0 atom stereocenters. The van der Waals surface area contributed by atoms with Gasteiger partial charge in [0.2, 0.25) is 0 Å². The Hall–Kier alpha value is -1.31. The third-order valence-corrected chi connectivity index (χ3v) is 4.15. The van der Waals surface area contributed by atoms with Crippen molar-refractivity contribution in [3.05, 3.63) is 58.6 Å². The molecule has 2 N–H and O–H groups in total. The third-order valence-electron chi connectivity index (χ3n) is 3.91. The smallest absolute Gasteiger partial charge is 0.0412 e. The van der Waals surface area contributed by atoms with Gasteiger partial charge in [-0.3, -0.25) is 0 Å². The van der Waals surface area contributed by atoms with E-state index in [1.54, 1.807) is 0 Å². The molecule has 0 aliphatic heterocycles. The minimum absolute atomic E-state index is 0.564. The van der Waals surface area contributed by atoms with E-state index in [-0.39, 0.29) is 0 Å². The lowest BCUT2D eigenvalue weighted by molar-refractivity contribution is 0.643. The number of hydrogen-bond donors (Lipinski definition) is 1. The van der Waals surface area contributed by atoms with E-state index in [1.165, 1.54) is 16.7 Å². The summed E-state index contributed by atoms with van der Waals surface area (Å²) in [5.74, 6) is 0.573. The maximum absolute atomic E-state index is 6.21. The number of rotatable bonds is 5. The van der Waals surface area contributed by atoms with Crippen LogP contribution in [0.4, 0.5) is 0 Å². The molecule has 0 amide bonds. The van der Waals surface area contributed by atoms with Gasteiger partial charge in [0.05, 0.1) is 0 Å². The summed E-state index contributed by atoms with van der Waals surface area (Å²) in [5.41, 5.74) is 10.7. The lowest BCUT2D eigenvalue weighted by Crippen LogP contribution is -2.00. The van der Waals surface area contributed by atoms with E-state index in [9.17, 15) is 0 Å². The van der Waals surface area contributed by atoms with Crippen molar-refractivity contribution in [2.45, 2.75) is 39.2 Å². The fourth-order valence-electron chi connectivity index (χ4n) is 2.73. The zero-order valence-electron chi connectivity index (χ0n) is 12.2. The second-order valence-electron chi connectivity index (χ2n) is 5.15. The first-order valence-electron chi connectivity index (χ1n) is 7.28. The third kappa shape index (κ3) is 3.23. The topological polar surface area (TPSA) is 26.0 Å². The Bertz CT molecular complexity index is 573. The lowest BCUT2D eigenvalue weighted by atomic mass is 9.87. The van der Waals surface area contributed by atoms with Crippen molar-refractivity contribution < 1.29 is 0 Å². The molecule has 2 aromatic carbocycles. The summed E-state index contributed by atoms with van der Waals surface area (Å²) in [7, 11) is 0. The van der Waals surface area contributed by atoms with Crippen LogP contribution in [-0.2, 0) is 6.54 Å². The molecule has 1 nitrogen and oxygen atoms in total. The van der Waals surface area contributed by atoms with E-state index in [4.69, 9.17) is 17.3 Å². The molecule has 106 valence electrons. The van der Waals surface area contributed by atoms with Gasteiger partial charge in [0.1, 0.15) is 0 Å². The second-order valence-corrected chi connectivity index (χ2v) is 5.59. The molecular formula is C18H22ClN. The molecule has 0 unspecified atom stereocenters. The molecule has 2 rings (SSSR count). The molecule has 20 heavy (non-hydrogen) atoms. The Morgan fingerprint density at radius 2 is 1.80 bits per heavy atom. The highest BCUT2D eigenvalue weighted by Crippen LogP contribution is 2.35. The van der Waals surface area contributed by atoms with Crippen LogP contribution in [-0.4, -0.2) is 0 Å². The molecule has 0 saturated carbocycles. The number of nitrogens with two attached hydrogens (primary N) is 1. The van der Waals surface area contributed by atoms with Gasteiger partial charge in [-0.15, -0.1) is 0 Å². The average Bonchev–Trinajstić information content (AvgIpc) is 2.50. The highest BCUT2D eigenvalue weighted by atomic mass is 35.5. The van der Waals surface area contributed by atoms with Crippen LogP contribution >= 0.6 is 11.6 Å². The van der Waals surface area contributed by atoms with Gasteiger partial charge in [0.25, 0.3) is 0 Å². The zero-order chi connectivity index (χ0) is 14.5. The molecule has 0 saturated heterocycles. The van der Waals surface area contributed by atoms with Crippen molar-refractivity contribution in [2.75, 3.05) is 0 Å². The van der Waals surface area contributed by atoms with E-state index >= 15 is 0 Å². The van der Waals surface area contributed by atoms with Gasteiger partial charge in [-0.2, -0.15) is 0 Å². The summed E-state index contributed by atoms with van der Waals surface area (Å²) in [6.07, 6.45) is 2.28. The zero-order valence-corrected chi connectivity index (χ0v) is 13.0. The fourth-order valence-corrected chi connectivity index (χ4v) is 2.90. The Morgan fingerprint density at radius 3 is 2.45 bits per heavy atom. The van der Waals surface area contributed by atoms with Crippen LogP contribution in [0.3, 0.4) is 0 Å². The monoisotopic (exact) mass is 287 g/mol. The average molecular weight is 288 g/mol. The largest absolute Gasteiger partial charge is 0.326 e. The first kappa shape index (κ1) is 15.1. The normalized spacial score (nSPS) is 11.1. The minimum Gasteiger partial charge on any atom is -0.326 e. The van der Waals surface area contributed by atoms with E-state index in [0.29, 0.717) is 12.5 Å². The van der Waals surface area contributed by atoms with E-state index in [1.807, 2.05) is 6.07 Å². The molecular weight excluding hydrogens is 266 g/mol. The SMILES string of the molecule is CCC(CC)c1ccc(Cl)cc1-c1cccc(CN)c1. The molecule has 0 fully saturated rings. The Labute approximate surface area is 126 Å². The van der Waals surface area contributed by atoms with Gasteiger partial charge in [0.15, 0.2) is 0 Å². The van der Waals surface area contributed by atoms with Crippen molar-refractivity contribution >= 4 is 11.6 Å². The maximum Gasteiger partial charge on any atom is 0.0412 e. The van der Waals surface area contributed by atoms with Crippen LogP contribution in [0.5, 0.6) is 0 Å². The Kier molecular flexibility index (Phi) is 5.22. The number of benzene rings is 2. The van der Waals surface area contributed by atoms with Gasteiger partial charge in [-0.05, 0) is 59.2 Å². The van der Waals surface area contributed by atoms with Crippen molar-refractivity contribution in [3.63, 3.8) is 0 Å². The molecule has 2 heteroatoms. The van der Waals surface area contributed by atoms with Crippen LogP contribution in [0.1, 0.15) is 43.7 Å². The fraction of sp³-hybridized carbons (Fsp3) is 0.333. The molecule has 0 heterocycles. The maximum atomic E-state index is 6.21. The summed E-state index contributed by atoms with van der Waals surface area (Å²) in [6, 6.07) is 14.7. The van der Waals surface area contributed by atoms with Gasteiger partial charge >= 0.3 is 0 Å². The second kappa shape index (κ2) is 6.92. The van der Waals surface area contributed by atoms with Crippen LogP contribution in [0.15, 0.2) is 42.5 Å². The first-order valence-corrected chi connectivity index (χ1v) is 7.66. The molecule has 0 radical (unpaired) electrons. The van der Waals surface area contributed by atoms with Crippen molar-refractivity contribution in [1.29, 1.82) is 0 Å². The van der Waals surface area contributed by atoms with Crippen molar-refractivity contribution in [1.82, 2.24) is 0 Å². The summed E-state index contributed by atoms with van der Waals surface area (Å²) in [5, 5.41) is 0.785. The molecule has 0 spiro atoms. The molecule has 2 aromatic rings. The number of halogens is 1. The van der Waals surface area contributed by atoms with Crippen LogP contribution in [0.25, 0.3) is 11.1 Å². The van der Waals surface area contributed by atoms with E-state index < -0.39 is 0 Å². The van der Waals surface area contributed by atoms with Gasteiger partial charge in [0, 0.05) is 11.6 Å². The molecule has 0 aliphatic rings. The van der Waals surface area contributed by atoms with Crippen LogP contribution in [0, 0.1) is 0 Å². The van der Waals surface area contributed by atoms with Crippen molar-refractivity contribution in [3.8, 4) is 11.1 Å². The Balaban J connectivity index is 2.55. The predicted octanol–water partition coefficient (Wildman–Crippen LogP) is 5.37. The Morgan fingerprint density at radius 1 is 1.05 bits per heavy atom. The summed E-state index contributed by atoms with van der Waals surface area (Å²) in [6.45, 7) is 5.04. The molecule has 0 aromatic heterocycles. The van der Waals surface area contributed by atoms with Crippen molar-refractivity contribution in [2.24, 2.45) is 5.73 Å². The van der Waals surface area contributed by atoms with Crippen LogP contribution in [0.2, 0.25) is 5.02 Å². The van der Waals surface area contributed by atoms with Crippen LogP contribution < -0.4 is 5.73 Å². The molecule has 0 aliphatic carbocycles. The highest BCUT2D eigenvalue weighted by Gasteiger charge is 2.14. The lowest BCUT2D eigenvalue weighted by Gasteiger charge is -2.18. The first-order chi connectivity index (χ1) is 9.69. The summed E-state index contributed by atoms with van der Waals surface area (Å²) < 4.78 is 0. The van der Waals surface area contributed by atoms with Gasteiger partial charge < -0.3 is 5.73 Å². The quantitative estimate of drug-likeness (QED) is 0.786. The highest BCUT2D eigenvalue weighted by molar-refractivity contribution is 6.30. The summed E-state index contributed by atoms with van der Waals surface area (Å²) >= 11 is 6.21. The van der Waals surface area contributed by atoms with E-state index in [2.05, 4.69) is 50.2 Å². The molecule has 0 bridgehead atoms. The summed E-state index contributed by atoms with van der Waals surface area (Å²) in [4.78, 5) is 0. The van der Waals surface area contributed by atoms with Gasteiger partial charge in [-0.1, -0.05) is 49.7 Å². The van der Waals surface area contributed by atoms with E-state index in [0.717, 1.165) is 23.4 Å². The van der Waals surface area contributed by atoms with Gasteiger partial charge in [-0.25, -0.2) is 0 Å².